The molecule has 2 aliphatic rings. The Morgan fingerprint density at radius 3 is 2.83 bits per heavy atom. The number of ether oxygens (including phenoxy) is 1. The van der Waals surface area contributed by atoms with Gasteiger partial charge in [0, 0.05) is 22.4 Å². The maximum Gasteiger partial charge on any atom is 0.317 e. The van der Waals surface area contributed by atoms with E-state index in [1.165, 1.54) is 12.1 Å². The van der Waals surface area contributed by atoms with Crippen molar-refractivity contribution in [2.75, 3.05) is 0 Å². The first-order valence-electron chi connectivity index (χ1n) is 6.63. The third kappa shape index (κ3) is 2.07. The topological polar surface area (TPSA) is 117 Å². The number of aromatic nitrogens is 1. The minimum atomic E-state index is -1.14. The number of aromatic hydroxyl groups is 1. The van der Waals surface area contributed by atoms with E-state index in [1.807, 2.05) is 0 Å². The number of carbonyl (C=O) groups excluding carboxylic acids is 1. The van der Waals surface area contributed by atoms with Gasteiger partial charge in [-0.3, -0.25) is 14.4 Å². The number of aromatic amines is 1. The van der Waals surface area contributed by atoms with E-state index in [9.17, 15) is 24.6 Å². The van der Waals surface area contributed by atoms with Crippen molar-refractivity contribution in [1.29, 1.82) is 0 Å². The van der Waals surface area contributed by atoms with E-state index < -0.39 is 29.0 Å². The molecule has 0 saturated heterocycles. The second-order valence-corrected chi connectivity index (χ2v) is 7.40. The Labute approximate surface area is 136 Å². The third-order valence-electron chi connectivity index (χ3n) is 3.91. The zero-order valence-corrected chi connectivity index (χ0v) is 12.9. The predicted molar refractivity (Wildman–Crippen MR) is 81.3 cm³/mol. The van der Waals surface area contributed by atoms with Gasteiger partial charge in [0.15, 0.2) is 0 Å². The summed E-state index contributed by atoms with van der Waals surface area (Å²) in [5.41, 5.74) is 0.593. The quantitative estimate of drug-likeness (QED) is 0.525. The van der Waals surface area contributed by atoms with Gasteiger partial charge in [0.2, 0.25) is 0 Å². The van der Waals surface area contributed by atoms with E-state index in [2.05, 4.69) is 4.98 Å². The molecule has 118 valence electrons. The van der Waals surface area contributed by atoms with Crippen molar-refractivity contribution in [1.82, 2.24) is 4.98 Å². The van der Waals surface area contributed by atoms with Gasteiger partial charge < -0.3 is 19.9 Å². The van der Waals surface area contributed by atoms with Gasteiger partial charge in [0.1, 0.15) is 16.7 Å². The Bertz CT molecular complexity index is 901. The standard InChI is InChI=1S/C14H9NO6S2/c16-4-1-2-5-6(3-4)21-13(19)8-7(5)9-11(15-14(20)23-9)22-10(8)12(17)18/h1-3,7-8,10,16H,(H,15,20)(H,17,18)/t7-,8+,10-/m1/s1. The smallest absolute Gasteiger partial charge is 0.317 e. The second-order valence-electron chi connectivity index (χ2n) is 5.23. The van der Waals surface area contributed by atoms with E-state index in [4.69, 9.17) is 4.74 Å². The Balaban J connectivity index is 1.98. The number of esters is 1. The number of H-pyrrole nitrogens is 1. The maximum atomic E-state index is 12.4. The molecule has 1 aromatic carbocycles. The first-order valence-corrected chi connectivity index (χ1v) is 8.32. The summed E-state index contributed by atoms with van der Waals surface area (Å²) in [6.07, 6.45) is 0. The van der Waals surface area contributed by atoms with Crippen molar-refractivity contribution in [3.8, 4) is 11.5 Å². The van der Waals surface area contributed by atoms with Crippen LogP contribution in [0.15, 0.2) is 28.0 Å². The summed E-state index contributed by atoms with van der Waals surface area (Å²) in [5, 5.41) is 18.5. The number of thioether (sulfide) groups is 1. The van der Waals surface area contributed by atoms with E-state index in [1.54, 1.807) is 6.07 Å². The molecular formula is C14H9NO6S2. The van der Waals surface area contributed by atoms with Crippen LogP contribution in [0.3, 0.4) is 0 Å². The molecule has 2 aliphatic heterocycles. The number of carbonyl (C=O) groups is 2. The molecule has 0 aliphatic carbocycles. The zero-order valence-electron chi connectivity index (χ0n) is 11.3. The highest BCUT2D eigenvalue weighted by molar-refractivity contribution is 8.00. The number of carboxylic acid groups (broad SMARTS) is 1. The first kappa shape index (κ1) is 14.3. The van der Waals surface area contributed by atoms with Crippen molar-refractivity contribution < 1.29 is 24.5 Å². The summed E-state index contributed by atoms with van der Waals surface area (Å²) in [4.78, 5) is 38.6. The molecule has 1 aromatic heterocycles. The largest absolute Gasteiger partial charge is 0.508 e. The van der Waals surface area contributed by atoms with E-state index >= 15 is 0 Å². The van der Waals surface area contributed by atoms with Crippen LogP contribution in [0.5, 0.6) is 11.5 Å². The average molecular weight is 351 g/mol. The third-order valence-corrected chi connectivity index (χ3v) is 6.31. The lowest BCUT2D eigenvalue weighted by molar-refractivity contribution is -0.147. The SMILES string of the molecule is O=C1Oc2cc(O)ccc2[C@H]2c3sc(=O)[nH]c3S[C@@H](C(=O)O)[C@@H]12. The second kappa shape index (κ2) is 4.87. The van der Waals surface area contributed by atoms with Crippen molar-refractivity contribution >= 4 is 35.0 Å². The normalized spacial score (nSPS) is 25.0. The molecule has 3 atom stereocenters. The number of hydrogen-bond acceptors (Lipinski definition) is 7. The fraction of sp³-hybridized carbons (Fsp3) is 0.214. The molecule has 2 aromatic rings. The predicted octanol–water partition coefficient (Wildman–Crippen LogP) is 1.37. The lowest BCUT2D eigenvalue weighted by Crippen LogP contribution is -2.44. The lowest BCUT2D eigenvalue weighted by Gasteiger charge is -2.37. The summed E-state index contributed by atoms with van der Waals surface area (Å²) in [5.74, 6) is -3.17. The van der Waals surface area contributed by atoms with Crippen LogP contribution < -0.4 is 9.61 Å². The van der Waals surface area contributed by atoms with Crippen LogP contribution >= 0.6 is 23.1 Å². The van der Waals surface area contributed by atoms with Gasteiger partial charge in [-0.2, -0.15) is 0 Å². The number of fused-ring (bicyclic) bond motifs is 5. The Morgan fingerprint density at radius 1 is 1.30 bits per heavy atom. The van der Waals surface area contributed by atoms with E-state index in [0.717, 1.165) is 23.1 Å². The molecular weight excluding hydrogens is 342 g/mol. The van der Waals surface area contributed by atoms with Gasteiger partial charge in [-0.1, -0.05) is 29.2 Å². The molecule has 0 fully saturated rings. The van der Waals surface area contributed by atoms with Crippen LogP contribution in [0.2, 0.25) is 0 Å². The summed E-state index contributed by atoms with van der Waals surface area (Å²) in [6.45, 7) is 0. The van der Waals surface area contributed by atoms with Crippen LogP contribution in [-0.2, 0) is 9.59 Å². The lowest BCUT2D eigenvalue weighted by atomic mass is 9.80. The fourth-order valence-corrected chi connectivity index (χ4v) is 5.39. The monoisotopic (exact) mass is 351 g/mol. The number of nitrogens with one attached hydrogen (secondary N) is 1. The number of phenols is 1. The minimum Gasteiger partial charge on any atom is -0.508 e. The van der Waals surface area contributed by atoms with E-state index in [0.29, 0.717) is 15.5 Å². The molecule has 23 heavy (non-hydrogen) atoms. The van der Waals surface area contributed by atoms with E-state index in [-0.39, 0.29) is 16.4 Å². The molecule has 9 heteroatoms. The van der Waals surface area contributed by atoms with Crippen LogP contribution in [0.4, 0.5) is 0 Å². The number of rotatable bonds is 1. The van der Waals surface area contributed by atoms with Crippen LogP contribution in [-0.4, -0.2) is 32.4 Å². The van der Waals surface area contributed by atoms with Crippen molar-refractivity contribution in [3.05, 3.63) is 38.3 Å². The van der Waals surface area contributed by atoms with Crippen LogP contribution in [0, 0.1) is 5.92 Å². The zero-order chi connectivity index (χ0) is 16.3. The summed E-state index contributed by atoms with van der Waals surface area (Å²) in [7, 11) is 0. The maximum absolute atomic E-state index is 12.4. The van der Waals surface area contributed by atoms with Gasteiger partial charge in [-0.15, -0.1) is 0 Å². The Hall–Kier alpha value is -2.26. The Kier molecular flexibility index (Phi) is 3.03. The number of carboxylic acids is 1. The summed E-state index contributed by atoms with van der Waals surface area (Å²) in [6, 6.07) is 4.36. The van der Waals surface area contributed by atoms with Gasteiger partial charge in [0.25, 0.3) is 0 Å². The molecule has 0 bridgehead atoms. The van der Waals surface area contributed by atoms with Crippen LogP contribution in [0.1, 0.15) is 16.4 Å². The summed E-state index contributed by atoms with van der Waals surface area (Å²) >= 11 is 1.92. The number of aliphatic carboxylic acids is 1. The van der Waals surface area contributed by atoms with Gasteiger partial charge in [-0.05, 0) is 6.07 Å². The molecule has 3 heterocycles. The highest BCUT2D eigenvalue weighted by Crippen LogP contribution is 2.53. The molecule has 0 radical (unpaired) electrons. The average Bonchev–Trinajstić information content (AvgIpc) is 2.85. The van der Waals surface area contributed by atoms with Gasteiger partial charge >= 0.3 is 16.8 Å². The minimum absolute atomic E-state index is 0.0579. The molecule has 0 amide bonds. The molecule has 0 unspecified atom stereocenters. The molecule has 0 saturated carbocycles. The number of benzene rings is 1. The number of thiazole rings is 1. The Morgan fingerprint density at radius 2 is 2.09 bits per heavy atom. The first-order chi connectivity index (χ1) is 11.0. The summed E-state index contributed by atoms with van der Waals surface area (Å²) < 4.78 is 5.23. The molecule has 7 nitrogen and oxygen atoms in total. The molecule has 4 rings (SSSR count). The highest BCUT2D eigenvalue weighted by Gasteiger charge is 2.51. The van der Waals surface area contributed by atoms with Gasteiger partial charge in [-0.25, -0.2) is 0 Å². The van der Waals surface area contributed by atoms with Crippen molar-refractivity contribution in [3.63, 3.8) is 0 Å². The number of phenolic OH excluding ortho intramolecular Hbond substituents is 1. The van der Waals surface area contributed by atoms with Crippen LogP contribution in [0.25, 0.3) is 0 Å². The fourth-order valence-electron chi connectivity index (χ4n) is 3.00. The highest BCUT2D eigenvalue weighted by atomic mass is 32.2. The molecule has 0 spiro atoms. The van der Waals surface area contributed by atoms with Crippen molar-refractivity contribution in [2.45, 2.75) is 16.2 Å². The molecule has 3 N–H and O–H groups in total. The number of hydrogen-bond donors (Lipinski definition) is 3. The van der Waals surface area contributed by atoms with Crippen molar-refractivity contribution in [2.24, 2.45) is 5.92 Å². The van der Waals surface area contributed by atoms with Gasteiger partial charge in [0.05, 0.1) is 10.9 Å².